The van der Waals surface area contributed by atoms with E-state index in [2.05, 4.69) is 6.92 Å². The van der Waals surface area contributed by atoms with Gasteiger partial charge in [-0.2, -0.15) is 0 Å². The summed E-state index contributed by atoms with van der Waals surface area (Å²) in [7, 11) is 0. The third-order valence-electron chi connectivity index (χ3n) is 7.50. The van der Waals surface area contributed by atoms with Crippen molar-refractivity contribution in [2.75, 3.05) is 6.61 Å². The standard InChI is InChI=1S/C38H47ClO4/c1-2-3-4-5-6-7-8-9-10-11-12-13-14-15-30-42-35-27-21-33(22-28-35)38(41)43-36-25-16-31(17-26-36)18-29-37(40)32-19-23-34(39)24-20-32/h16-29H,2-15,30H2,1H3/b29-18+. The molecule has 0 amide bonds. The minimum absolute atomic E-state index is 0.112. The van der Waals surface area contributed by atoms with E-state index in [1.165, 1.54) is 89.5 Å². The molecule has 0 saturated heterocycles. The van der Waals surface area contributed by atoms with Gasteiger partial charge in [0.15, 0.2) is 5.78 Å². The number of esters is 1. The van der Waals surface area contributed by atoms with Crippen LogP contribution in [0.15, 0.2) is 78.9 Å². The minimum Gasteiger partial charge on any atom is -0.494 e. The van der Waals surface area contributed by atoms with Gasteiger partial charge in [-0.25, -0.2) is 4.79 Å². The number of ether oxygens (including phenoxy) is 2. The number of hydrogen-bond donors (Lipinski definition) is 0. The first-order chi connectivity index (χ1) is 21.0. The lowest BCUT2D eigenvalue weighted by Crippen LogP contribution is -2.08. The topological polar surface area (TPSA) is 52.6 Å². The van der Waals surface area contributed by atoms with Crippen molar-refractivity contribution in [3.63, 3.8) is 0 Å². The maximum Gasteiger partial charge on any atom is 0.343 e. The number of unbranched alkanes of at least 4 members (excludes halogenated alkanes) is 13. The molecule has 3 aromatic carbocycles. The van der Waals surface area contributed by atoms with E-state index in [4.69, 9.17) is 21.1 Å². The first-order valence-corrected chi connectivity index (χ1v) is 16.5. The van der Waals surface area contributed by atoms with Crippen LogP contribution < -0.4 is 9.47 Å². The lowest BCUT2D eigenvalue weighted by atomic mass is 10.0. The molecule has 0 atom stereocenters. The predicted molar refractivity (Wildman–Crippen MR) is 178 cm³/mol. The molecule has 0 aliphatic heterocycles. The molecule has 0 saturated carbocycles. The molecule has 0 unspecified atom stereocenters. The normalized spacial score (nSPS) is 11.1. The van der Waals surface area contributed by atoms with E-state index in [1.807, 2.05) is 12.1 Å². The van der Waals surface area contributed by atoms with Crippen LogP contribution in [0.25, 0.3) is 6.08 Å². The van der Waals surface area contributed by atoms with Crippen LogP contribution in [0.1, 0.15) is 123 Å². The van der Waals surface area contributed by atoms with E-state index in [0.29, 0.717) is 28.5 Å². The van der Waals surface area contributed by atoms with Crippen LogP contribution in [-0.2, 0) is 0 Å². The number of ketones is 1. The van der Waals surface area contributed by atoms with Gasteiger partial charge < -0.3 is 9.47 Å². The minimum atomic E-state index is -0.431. The Labute approximate surface area is 263 Å². The molecule has 5 heteroatoms. The number of hydrogen-bond acceptors (Lipinski definition) is 4. The Bertz CT molecular complexity index is 1230. The molecule has 0 spiro atoms. The molecule has 0 aromatic heterocycles. The molecule has 0 N–H and O–H groups in total. The quantitative estimate of drug-likeness (QED) is 0.0400. The van der Waals surface area contributed by atoms with Gasteiger partial charge in [0, 0.05) is 10.6 Å². The third kappa shape index (κ3) is 14.1. The molecule has 0 aliphatic rings. The van der Waals surface area contributed by atoms with Crippen LogP contribution in [0.5, 0.6) is 11.5 Å². The van der Waals surface area contributed by atoms with Crippen molar-refractivity contribution >= 4 is 29.4 Å². The Morgan fingerprint density at radius 2 is 1.09 bits per heavy atom. The largest absolute Gasteiger partial charge is 0.494 e. The molecular formula is C38H47ClO4. The fraction of sp³-hybridized carbons (Fsp3) is 0.421. The van der Waals surface area contributed by atoms with Crippen LogP contribution in [0.2, 0.25) is 5.02 Å². The first kappa shape index (κ1) is 34.1. The van der Waals surface area contributed by atoms with Gasteiger partial charge in [-0.1, -0.05) is 120 Å². The van der Waals surface area contributed by atoms with E-state index in [0.717, 1.165) is 17.7 Å². The number of halogens is 1. The molecule has 3 aromatic rings. The van der Waals surface area contributed by atoms with E-state index >= 15 is 0 Å². The lowest BCUT2D eigenvalue weighted by Gasteiger charge is -2.08. The van der Waals surface area contributed by atoms with Gasteiger partial charge in [0.2, 0.25) is 0 Å². The highest BCUT2D eigenvalue weighted by Crippen LogP contribution is 2.19. The zero-order chi connectivity index (χ0) is 30.5. The Kier molecular flexibility index (Phi) is 16.3. The van der Waals surface area contributed by atoms with Gasteiger partial charge in [0.25, 0.3) is 0 Å². The van der Waals surface area contributed by atoms with Gasteiger partial charge in [-0.05, 0) is 78.7 Å². The second kappa shape index (κ2) is 20.5. The molecule has 0 radical (unpaired) electrons. The zero-order valence-electron chi connectivity index (χ0n) is 25.7. The molecule has 230 valence electrons. The third-order valence-corrected chi connectivity index (χ3v) is 7.76. The maximum absolute atomic E-state index is 12.6. The molecule has 3 rings (SSSR count). The van der Waals surface area contributed by atoms with Crippen LogP contribution in [-0.4, -0.2) is 18.4 Å². The fourth-order valence-electron chi connectivity index (χ4n) is 4.87. The summed E-state index contributed by atoms with van der Waals surface area (Å²) in [6, 6.07) is 20.8. The monoisotopic (exact) mass is 602 g/mol. The van der Waals surface area contributed by atoms with Crippen LogP contribution in [0, 0.1) is 0 Å². The lowest BCUT2D eigenvalue weighted by molar-refractivity contribution is 0.0734. The van der Waals surface area contributed by atoms with Gasteiger partial charge in [-0.3, -0.25) is 4.79 Å². The zero-order valence-corrected chi connectivity index (χ0v) is 26.5. The highest BCUT2D eigenvalue weighted by atomic mass is 35.5. The molecule has 0 aliphatic carbocycles. The van der Waals surface area contributed by atoms with Crippen molar-refractivity contribution in [1.82, 2.24) is 0 Å². The van der Waals surface area contributed by atoms with Crippen molar-refractivity contribution in [3.8, 4) is 11.5 Å². The van der Waals surface area contributed by atoms with Crippen molar-refractivity contribution < 1.29 is 19.1 Å². The highest BCUT2D eigenvalue weighted by molar-refractivity contribution is 6.30. The van der Waals surface area contributed by atoms with Gasteiger partial charge in [0.1, 0.15) is 11.5 Å². The highest BCUT2D eigenvalue weighted by Gasteiger charge is 2.09. The summed E-state index contributed by atoms with van der Waals surface area (Å²) in [5.74, 6) is 0.652. The van der Waals surface area contributed by atoms with Crippen molar-refractivity contribution in [3.05, 3.63) is 101 Å². The number of rotatable bonds is 21. The molecule has 0 bridgehead atoms. The average molecular weight is 603 g/mol. The fourth-order valence-corrected chi connectivity index (χ4v) is 5.00. The van der Waals surface area contributed by atoms with Crippen molar-refractivity contribution in [1.29, 1.82) is 0 Å². The number of allylic oxidation sites excluding steroid dienone is 1. The summed E-state index contributed by atoms with van der Waals surface area (Å²) in [5.41, 5.74) is 1.85. The van der Waals surface area contributed by atoms with Gasteiger partial charge in [-0.15, -0.1) is 0 Å². The Morgan fingerprint density at radius 1 is 0.605 bits per heavy atom. The number of carbonyl (C=O) groups is 2. The van der Waals surface area contributed by atoms with E-state index in [9.17, 15) is 9.59 Å². The van der Waals surface area contributed by atoms with Crippen molar-refractivity contribution in [2.24, 2.45) is 0 Å². The molecule has 4 nitrogen and oxygen atoms in total. The first-order valence-electron chi connectivity index (χ1n) is 16.1. The van der Waals surface area contributed by atoms with Crippen LogP contribution >= 0.6 is 11.6 Å². The van der Waals surface area contributed by atoms with Crippen LogP contribution in [0.3, 0.4) is 0 Å². The smallest absolute Gasteiger partial charge is 0.343 e. The second-order valence-corrected chi connectivity index (χ2v) is 11.6. The number of carbonyl (C=O) groups excluding carboxylic acids is 2. The summed E-state index contributed by atoms with van der Waals surface area (Å²) < 4.78 is 11.4. The van der Waals surface area contributed by atoms with Gasteiger partial charge >= 0.3 is 5.97 Å². The average Bonchev–Trinajstić information content (AvgIpc) is 3.03. The molecular weight excluding hydrogens is 556 g/mol. The van der Waals surface area contributed by atoms with E-state index in [1.54, 1.807) is 66.7 Å². The SMILES string of the molecule is CCCCCCCCCCCCCCCCOc1ccc(C(=O)Oc2ccc(/C=C/C(=O)c3ccc(Cl)cc3)cc2)cc1. The van der Waals surface area contributed by atoms with E-state index < -0.39 is 5.97 Å². The Morgan fingerprint density at radius 3 is 1.65 bits per heavy atom. The summed E-state index contributed by atoms with van der Waals surface area (Å²) in [4.78, 5) is 24.9. The summed E-state index contributed by atoms with van der Waals surface area (Å²) in [6.45, 7) is 2.96. The summed E-state index contributed by atoms with van der Waals surface area (Å²) >= 11 is 5.88. The van der Waals surface area contributed by atoms with Crippen LogP contribution in [0.4, 0.5) is 0 Å². The summed E-state index contributed by atoms with van der Waals surface area (Å²) in [6.07, 6.45) is 21.9. The van der Waals surface area contributed by atoms with Crippen molar-refractivity contribution in [2.45, 2.75) is 96.8 Å². The van der Waals surface area contributed by atoms with E-state index in [-0.39, 0.29) is 5.78 Å². The summed E-state index contributed by atoms with van der Waals surface area (Å²) in [5, 5.41) is 0.588. The molecule has 0 heterocycles. The molecule has 0 fully saturated rings. The number of benzene rings is 3. The Hall–Kier alpha value is -3.37. The molecule has 43 heavy (non-hydrogen) atoms. The second-order valence-electron chi connectivity index (χ2n) is 11.1. The van der Waals surface area contributed by atoms with Gasteiger partial charge in [0.05, 0.1) is 12.2 Å². The maximum atomic E-state index is 12.6. The predicted octanol–water partition coefficient (Wildman–Crippen LogP) is 11.3. The Balaban J connectivity index is 1.25.